The maximum atomic E-state index is 12.8. The lowest BCUT2D eigenvalue weighted by atomic mass is 10.4. The molecule has 0 bridgehead atoms. The Morgan fingerprint density at radius 3 is 3.00 bits per heavy atom. The third kappa shape index (κ3) is 1.80. The fourth-order valence-corrected chi connectivity index (χ4v) is 0.695. The van der Waals surface area contributed by atoms with E-state index in [9.17, 15) is 4.39 Å². The molecule has 60 valence electrons. The third-order valence-corrected chi connectivity index (χ3v) is 1.14. The highest BCUT2D eigenvalue weighted by Crippen LogP contribution is 2.16. The smallest absolute Gasteiger partial charge is 0.173 e. The van der Waals surface area contributed by atoms with E-state index in [-0.39, 0.29) is 11.6 Å². The van der Waals surface area contributed by atoms with E-state index in [4.69, 9.17) is 10.5 Å². The average Bonchev–Trinajstić information content (AvgIpc) is 1.95. The van der Waals surface area contributed by atoms with E-state index in [1.807, 2.05) is 0 Å². The molecule has 0 aliphatic carbocycles. The number of rotatable bonds is 2. The van der Waals surface area contributed by atoms with Gasteiger partial charge < -0.3 is 10.5 Å². The lowest BCUT2D eigenvalue weighted by Crippen LogP contribution is -1.97. The first-order valence-electron chi connectivity index (χ1n) is 3.28. The molecule has 0 amide bonds. The van der Waals surface area contributed by atoms with Gasteiger partial charge in [-0.05, 0) is 6.92 Å². The van der Waals surface area contributed by atoms with Crippen LogP contribution in [0.2, 0.25) is 0 Å². The summed E-state index contributed by atoms with van der Waals surface area (Å²) in [5.74, 6) is -0.174. The topological polar surface area (TPSA) is 48.1 Å². The lowest BCUT2D eigenvalue weighted by molar-refractivity contribution is 0.320. The Labute approximate surface area is 64.0 Å². The van der Waals surface area contributed by atoms with E-state index < -0.39 is 5.82 Å². The zero-order valence-electron chi connectivity index (χ0n) is 6.17. The minimum absolute atomic E-state index is 0.140. The van der Waals surface area contributed by atoms with Gasteiger partial charge in [-0.15, -0.1) is 0 Å². The molecule has 0 spiro atoms. The molecule has 0 atom stereocenters. The van der Waals surface area contributed by atoms with Gasteiger partial charge in [0, 0.05) is 6.07 Å². The molecule has 11 heavy (non-hydrogen) atoms. The maximum Gasteiger partial charge on any atom is 0.173 e. The van der Waals surface area contributed by atoms with E-state index in [0.717, 1.165) is 6.07 Å². The van der Waals surface area contributed by atoms with Crippen molar-refractivity contribution in [3.05, 3.63) is 18.1 Å². The van der Waals surface area contributed by atoms with Crippen molar-refractivity contribution < 1.29 is 9.13 Å². The van der Waals surface area contributed by atoms with Gasteiger partial charge in [0.2, 0.25) is 0 Å². The molecule has 1 heterocycles. The fourth-order valence-electron chi connectivity index (χ4n) is 0.695. The van der Waals surface area contributed by atoms with Crippen molar-refractivity contribution >= 4 is 5.82 Å². The van der Waals surface area contributed by atoms with Crippen LogP contribution in [0.25, 0.3) is 0 Å². The predicted molar refractivity (Wildman–Crippen MR) is 39.8 cm³/mol. The van der Waals surface area contributed by atoms with Crippen molar-refractivity contribution in [2.75, 3.05) is 12.3 Å². The number of pyridine rings is 1. The van der Waals surface area contributed by atoms with Crippen LogP contribution in [0.4, 0.5) is 10.2 Å². The summed E-state index contributed by atoms with van der Waals surface area (Å²) in [7, 11) is 0. The van der Waals surface area contributed by atoms with Crippen molar-refractivity contribution in [1.29, 1.82) is 0 Å². The second kappa shape index (κ2) is 3.18. The van der Waals surface area contributed by atoms with E-state index >= 15 is 0 Å². The third-order valence-electron chi connectivity index (χ3n) is 1.14. The molecule has 0 unspecified atom stereocenters. The number of ether oxygens (including phenoxy) is 1. The van der Waals surface area contributed by atoms with Gasteiger partial charge in [-0.2, -0.15) is 0 Å². The number of aromatic nitrogens is 1. The highest BCUT2D eigenvalue weighted by atomic mass is 19.1. The minimum Gasteiger partial charge on any atom is -0.489 e. The molecule has 4 heteroatoms. The molecule has 0 aromatic carbocycles. The van der Waals surface area contributed by atoms with Crippen LogP contribution in [-0.2, 0) is 0 Å². The molecule has 0 radical (unpaired) electrons. The van der Waals surface area contributed by atoms with Crippen molar-refractivity contribution in [1.82, 2.24) is 4.98 Å². The molecule has 3 nitrogen and oxygen atoms in total. The molecular formula is C7H9FN2O. The first-order valence-corrected chi connectivity index (χ1v) is 3.28. The van der Waals surface area contributed by atoms with Crippen LogP contribution in [0.1, 0.15) is 6.92 Å². The highest BCUT2D eigenvalue weighted by molar-refractivity contribution is 5.33. The van der Waals surface area contributed by atoms with Crippen LogP contribution < -0.4 is 10.5 Å². The standard InChI is InChI=1S/C7H9FN2O/c1-2-11-6-4-10-7(9)3-5(6)8/h3-4H,2H2,1H3,(H2,9,10). The number of halogens is 1. The SMILES string of the molecule is CCOc1cnc(N)cc1F. The second-order valence-corrected chi connectivity index (χ2v) is 1.97. The van der Waals surface area contributed by atoms with Gasteiger partial charge in [0.25, 0.3) is 0 Å². The molecule has 0 aliphatic heterocycles. The van der Waals surface area contributed by atoms with Crippen LogP contribution in [0.3, 0.4) is 0 Å². The van der Waals surface area contributed by atoms with Gasteiger partial charge in [0.1, 0.15) is 5.82 Å². The fraction of sp³-hybridized carbons (Fsp3) is 0.286. The Morgan fingerprint density at radius 1 is 1.73 bits per heavy atom. The Bertz CT molecular complexity index is 252. The van der Waals surface area contributed by atoms with Crippen molar-refractivity contribution in [3.63, 3.8) is 0 Å². The number of nitrogens with zero attached hydrogens (tertiary/aromatic N) is 1. The van der Waals surface area contributed by atoms with E-state index in [1.165, 1.54) is 6.20 Å². The van der Waals surface area contributed by atoms with Crippen LogP contribution >= 0.6 is 0 Å². The van der Waals surface area contributed by atoms with Gasteiger partial charge in [0.15, 0.2) is 11.6 Å². The molecule has 0 saturated heterocycles. The average molecular weight is 156 g/mol. The Hall–Kier alpha value is -1.32. The van der Waals surface area contributed by atoms with Gasteiger partial charge in [0.05, 0.1) is 12.8 Å². The van der Waals surface area contributed by atoms with Crippen LogP contribution in [0.5, 0.6) is 5.75 Å². The molecule has 0 aliphatic rings. The second-order valence-electron chi connectivity index (χ2n) is 1.97. The van der Waals surface area contributed by atoms with Crippen LogP contribution in [0, 0.1) is 5.82 Å². The summed E-state index contributed by atoms with van der Waals surface area (Å²) in [5, 5.41) is 0. The lowest BCUT2D eigenvalue weighted by Gasteiger charge is -2.02. The van der Waals surface area contributed by atoms with Crippen molar-refractivity contribution in [2.24, 2.45) is 0 Å². The molecular weight excluding hydrogens is 147 g/mol. The van der Waals surface area contributed by atoms with E-state index in [2.05, 4.69) is 4.98 Å². The predicted octanol–water partition coefficient (Wildman–Crippen LogP) is 1.20. The molecule has 1 rings (SSSR count). The summed E-state index contributed by atoms with van der Waals surface area (Å²) < 4.78 is 17.7. The summed E-state index contributed by atoms with van der Waals surface area (Å²) in [6.07, 6.45) is 1.27. The number of nitrogens with two attached hydrogens (primary N) is 1. The summed E-state index contributed by atoms with van der Waals surface area (Å²) in [6, 6.07) is 1.13. The first-order chi connectivity index (χ1) is 5.24. The van der Waals surface area contributed by atoms with Gasteiger partial charge in [-0.1, -0.05) is 0 Å². The maximum absolute atomic E-state index is 12.8. The van der Waals surface area contributed by atoms with Crippen molar-refractivity contribution in [3.8, 4) is 5.75 Å². The quantitative estimate of drug-likeness (QED) is 0.699. The summed E-state index contributed by atoms with van der Waals surface area (Å²) >= 11 is 0. The molecule has 0 fully saturated rings. The number of hydrogen-bond donors (Lipinski definition) is 1. The van der Waals surface area contributed by atoms with Crippen molar-refractivity contribution in [2.45, 2.75) is 6.92 Å². The summed E-state index contributed by atoms with van der Waals surface area (Å²) in [6.45, 7) is 2.19. The van der Waals surface area contributed by atoms with Gasteiger partial charge in [-0.25, -0.2) is 9.37 Å². The molecule has 1 aromatic heterocycles. The Kier molecular flexibility index (Phi) is 2.25. The normalized spacial score (nSPS) is 9.64. The van der Waals surface area contributed by atoms with Crippen LogP contribution in [-0.4, -0.2) is 11.6 Å². The zero-order valence-corrected chi connectivity index (χ0v) is 6.17. The minimum atomic E-state index is -0.473. The monoisotopic (exact) mass is 156 g/mol. The Balaban J connectivity index is 2.90. The van der Waals surface area contributed by atoms with Crippen LogP contribution in [0.15, 0.2) is 12.3 Å². The molecule has 1 aromatic rings. The van der Waals surface area contributed by atoms with Gasteiger partial charge >= 0.3 is 0 Å². The first kappa shape index (κ1) is 7.78. The number of nitrogen functional groups attached to an aromatic ring is 1. The van der Waals surface area contributed by atoms with E-state index in [0.29, 0.717) is 6.61 Å². The highest BCUT2D eigenvalue weighted by Gasteiger charge is 2.02. The number of hydrogen-bond acceptors (Lipinski definition) is 3. The Morgan fingerprint density at radius 2 is 2.45 bits per heavy atom. The summed E-state index contributed by atoms with van der Waals surface area (Å²) in [5.41, 5.74) is 5.22. The summed E-state index contributed by atoms with van der Waals surface area (Å²) in [4.78, 5) is 3.67. The molecule has 0 saturated carbocycles. The zero-order chi connectivity index (χ0) is 8.27. The molecule has 2 N–H and O–H groups in total. The number of anilines is 1. The van der Waals surface area contributed by atoms with E-state index in [1.54, 1.807) is 6.92 Å². The van der Waals surface area contributed by atoms with Gasteiger partial charge in [-0.3, -0.25) is 0 Å². The largest absolute Gasteiger partial charge is 0.489 e.